The van der Waals surface area contributed by atoms with Gasteiger partial charge in [0, 0.05) is 22.7 Å². The van der Waals surface area contributed by atoms with Crippen LogP contribution in [0, 0.1) is 13.8 Å². The lowest BCUT2D eigenvalue weighted by atomic mass is 9.91. The molecule has 0 saturated heterocycles. The van der Waals surface area contributed by atoms with E-state index in [4.69, 9.17) is 9.98 Å². The van der Waals surface area contributed by atoms with Crippen molar-refractivity contribution in [3.63, 3.8) is 0 Å². The molecule has 0 bridgehead atoms. The smallest absolute Gasteiger partial charge is 0.159 e. The topological polar surface area (TPSA) is 62.9 Å². The first-order valence-corrected chi connectivity index (χ1v) is 21.5. The maximum absolute atomic E-state index is 4.95. The van der Waals surface area contributed by atoms with Crippen molar-refractivity contribution in [3.05, 3.63) is 228 Å². The molecule has 0 amide bonds. The van der Waals surface area contributed by atoms with Gasteiger partial charge in [0.25, 0.3) is 0 Å². The Morgan fingerprint density at radius 2 is 1.03 bits per heavy atom. The third kappa shape index (κ3) is 10.0. The Kier molecular flexibility index (Phi) is 13.6. The van der Waals surface area contributed by atoms with Crippen molar-refractivity contribution in [1.29, 1.82) is 0 Å². The van der Waals surface area contributed by atoms with Crippen LogP contribution in [-0.4, -0.2) is 29.2 Å². The Morgan fingerprint density at radius 1 is 0.477 bits per heavy atom. The lowest BCUT2D eigenvalue weighted by Crippen LogP contribution is -2.00. The molecule has 65 heavy (non-hydrogen) atoms. The number of rotatable bonds is 9. The Morgan fingerprint density at radius 3 is 1.66 bits per heavy atom. The van der Waals surface area contributed by atoms with Crippen molar-refractivity contribution in [2.45, 2.75) is 26.9 Å². The highest BCUT2D eigenvalue weighted by atomic mass is 32.1. The quantitative estimate of drug-likeness (QED) is 0.0824. The molecular formula is C59H49N5S. The fourth-order valence-electron chi connectivity index (χ4n) is 8.30. The maximum atomic E-state index is 4.95. The predicted octanol–water partition coefficient (Wildman–Crippen LogP) is 14.9. The summed E-state index contributed by atoms with van der Waals surface area (Å²) in [5.41, 5.74) is 14.4. The van der Waals surface area contributed by atoms with Crippen molar-refractivity contribution in [3.8, 4) is 44.8 Å². The zero-order chi connectivity index (χ0) is 43.8. The number of amidine groups is 1. The van der Waals surface area contributed by atoms with Crippen molar-refractivity contribution >= 4 is 65.2 Å². The number of benzene rings is 9. The largest absolute Gasteiger partial charge is 0.296 e. The minimum absolute atomic E-state index is 0. The van der Waals surface area contributed by atoms with Crippen LogP contribution in [0.4, 0.5) is 0 Å². The summed E-state index contributed by atoms with van der Waals surface area (Å²) in [5, 5.41) is 6.04. The average Bonchev–Trinajstić information content (AvgIpc) is 3.34. The van der Waals surface area contributed by atoms with Gasteiger partial charge in [0.15, 0.2) is 11.7 Å². The average molecular weight is 860 g/mol. The summed E-state index contributed by atoms with van der Waals surface area (Å²) >= 11 is 0. The molecule has 0 saturated carbocycles. The van der Waals surface area contributed by atoms with E-state index in [9.17, 15) is 0 Å². The first-order chi connectivity index (χ1) is 31.4. The third-order valence-corrected chi connectivity index (χ3v) is 11.5. The number of aliphatic imine (C=N–C) groups is 3. The Bertz CT molecular complexity index is 3340. The normalized spacial score (nSPS) is 11.1. The van der Waals surface area contributed by atoms with Crippen molar-refractivity contribution in [1.82, 2.24) is 9.97 Å². The molecule has 9 aromatic carbocycles. The van der Waals surface area contributed by atoms with Gasteiger partial charge >= 0.3 is 0 Å². The van der Waals surface area contributed by atoms with Crippen molar-refractivity contribution in [2.24, 2.45) is 15.0 Å². The van der Waals surface area contributed by atoms with Crippen molar-refractivity contribution < 1.29 is 0 Å². The summed E-state index contributed by atoms with van der Waals surface area (Å²) in [4.78, 5) is 22.6. The van der Waals surface area contributed by atoms with Gasteiger partial charge in [0.1, 0.15) is 0 Å². The number of nitrogens with zero attached hydrogens (tertiary/aromatic N) is 5. The van der Waals surface area contributed by atoms with Crippen LogP contribution in [0.15, 0.2) is 215 Å². The molecule has 1 aromatic heterocycles. The lowest BCUT2D eigenvalue weighted by Gasteiger charge is -2.13. The van der Waals surface area contributed by atoms with Gasteiger partial charge in [-0.1, -0.05) is 175 Å². The highest BCUT2D eigenvalue weighted by molar-refractivity contribution is 7.59. The Balaban J connectivity index is 0.000000465. The standard InChI is InChI=1S/C50H36N4.C9H11N.H2S/c1-33-10-9-11-34(26-33)31-52-49(51-2)43-28-41(27-42(29-43)36-20-24-38(25-21-36)50-53-32-40-13-4-8-17-48(40)54-50)35-18-22-37(23-19-35)47-30-39-12-3-5-14-44(39)45-15-6-7-16-46(45)47;1-8-4-3-5-9(6-8)7-10-2;/h3-30,32H,2,31H2,1H3;3-6H,2,7H2,1H3;1H2. The van der Waals surface area contributed by atoms with E-state index in [2.05, 4.69) is 206 Å². The molecule has 0 spiro atoms. The molecule has 0 aliphatic heterocycles. The fourth-order valence-corrected chi connectivity index (χ4v) is 8.30. The number of hydrogen-bond donors (Lipinski definition) is 0. The molecule has 0 N–H and O–H groups in total. The van der Waals surface area contributed by atoms with Gasteiger partial charge in [-0.25, -0.2) is 15.0 Å². The number of aryl methyl sites for hydroxylation is 2. The summed E-state index contributed by atoms with van der Waals surface area (Å²) in [6.45, 7) is 12.8. The summed E-state index contributed by atoms with van der Waals surface area (Å²) < 4.78 is 0. The van der Waals surface area contributed by atoms with Gasteiger partial charge in [-0.15, -0.1) is 0 Å². The van der Waals surface area contributed by atoms with Gasteiger partial charge < -0.3 is 0 Å². The van der Waals surface area contributed by atoms with Gasteiger partial charge in [-0.05, 0) is 124 Å². The first-order valence-electron chi connectivity index (χ1n) is 21.5. The number of aromatic nitrogens is 2. The molecule has 0 fully saturated rings. The maximum Gasteiger partial charge on any atom is 0.159 e. The van der Waals surface area contributed by atoms with Crippen LogP contribution in [0.5, 0.6) is 0 Å². The van der Waals surface area contributed by atoms with Crippen LogP contribution in [-0.2, 0) is 13.1 Å². The first kappa shape index (κ1) is 43.8. The third-order valence-electron chi connectivity index (χ3n) is 11.5. The van der Waals surface area contributed by atoms with Gasteiger partial charge in [0.2, 0.25) is 0 Å². The summed E-state index contributed by atoms with van der Waals surface area (Å²) in [6, 6.07) is 68.3. The SMILES string of the molecule is C=NC(=NCc1cccc(C)c1)c1cc(-c2ccc(-c3ncc4ccccc4n3)cc2)cc(-c2ccc(-c3cc4ccccc4c4ccccc34)cc2)c1.C=NCc1cccc(C)c1.S. The Labute approximate surface area is 388 Å². The minimum Gasteiger partial charge on any atom is -0.296 e. The van der Waals surface area contributed by atoms with Gasteiger partial charge in [-0.2, -0.15) is 13.5 Å². The molecule has 316 valence electrons. The van der Waals surface area contributed by atoms with E-state index in [1.165, 1.54) is 49.4 Å². The molecule has 6 heteroatoms. The molecule has 5 nitrogen and oxygen atoms in total. The second-order valence-corrected chi connectivity index (χ2v) is 16.1. The molecule has 1 heterocycles. The number of para-hydroxylation sites is 1. The van der Waals surface area contributed by atoms with Crippen LogP contribution in [0.2, 0.25) is 0 Å². The lowest BCUT2D eigenvalue weighted by molar-refractivity contribution is 1.06. The molecular weight excluding hydrogens is 811 g/mol. The van der Waals surface area contributed by atoms with Crippen LogP contribution in [0.25, 0.3) is 77.2 Å². The van der Waals surface area contributed by atoms with Gasteiger partial charge in [0.05, 0.1) is 18.6 Å². The van der Waals surface area contributed by atoms with E-state index in [1.807, 2.05) is 36.5 Å². The number of hydrogen-bond acceptors (Lipinski definition) is 4. The van der Waals surface area contributed by atoms with E-state index >= 15 is 0 Å². The second-order valence-electron chi connectivity index (χ2n) is 16.1. The second kappa shape index (κ2) is 20.1. The Hall–Kier alpha value is -7.80. The van der Waals surface area contributed by atoms with Crippen LogP contribution >= 0.6 is 13.5 Å². The molecule has 10 aromatic rings. The summed E-state index contributed by atoms with van der Waals surface area (Å²) in [7, 11) is 0. The molecule has 0 aliphatic rings. The zero-order valence-electron chi connectivity index (χ0n) is 36.6. The molecule has 0 unspecified atom stereocenters. The highest BCUT2D eigenvalue weighted by Crippen LogP contribution is 2.37. The van der Waals surface area contributed by atoms with Crippen LogP contribution < -0.4 is 0 Å². The fraction of sp³-hybridized carbons (Fsp3) is 0.0678. The van der Waals surface area contributed by atoms with E-state index in [0.29, 0.717) is 18.2 Å². The number of fused-ring (bicyclic) bond motifs is 4. The van der Waals surface area contributed by atoms with E-state index in [0.717, 1.165) is 56.4 Å². The van der Waals surface area contributed by atoms with Gasteiger partial charge in [-0.3, -0.25) is 9.98 Å². The highest BCUT2D eigenvalue weighted by Gasteiger charge is 2.13. The van der Waals surface area contributed by atoms with E-state index < -0.39 is 0 Å². The molecule has 10 rings (SSSR count). The van der Waals surface area contributed by atoms with E-state index in [-0.39, 0.29) is 13.5 Å². The summed E-state index contributed by atoms with van der Waals surface area (Å²) in [6.07, 6.45) is 1.88. The van der Waals surface area contributed by atoms with Crippen molar-refractivity contribution in [2.75, 3.05) is 0 Å². The van der Waals surface area contributed by atoms with Crippen LogP contribution in [0.1, 0.15) is 27.8 Å². The van der Waals surface area contributed by atoms with E-state index in [1.54, 1.807) is 0 Å². The minimum atomic E-state index is 0. The van der Waals surface area contributed by atoms with Crippen LogP contribution in [0.3, 0.4) is 0 Å². The predicted molar refractivity (Wildman–Crippen MR) is 282 cm³/mol. The molecule has 0 aliphatic carbocycles. The molecule has 0 radical (unpaired) electrons. The molecule has 0 atom stereocenters. The summed E-state index contributed by atoms with van der Waals surface area (Å²) in [5.74, 6) is 1.32. The zero-order valence-corrected chi connectivity index (χ0v) is 37.6. The monoisotopic (exact) mass is 859 g/mol.